The predicted octanol–water partition coefficient (Wildman–Crippen LogP) is 5.19. The van der Waals surface area contributed by atoms with Crippen molar-refractivity contribution in [2.45, 2.75) is 70.6 Å². The van der Waals surface area contributed by atoms with Gasteiger partial charge in [-0.1, -0.05) is 56.5 Å². The van der Waals surface area contributed by atoms with E-state index in [-0.39, 0.29) is 36.0 Å². The van der Waals surface area contributed by atoms with Crippen molar-refractivity contribution in [2.24, 2.45) is 5.92 Å². The molecule has 1 heterocycles. The largest absolute Gasteiger partial charge is 0.491 e. The number of ether oxygens (including phenoxy) is 2. The zero-order chi connectivity index (χ0) is 28.5. The average Bonchev–Trinajstić information content (AvgIpc) is 2.97. The summed E-state index contributed by atoms with van der Waals surface area (Å²) < 4.78 is 12.2. The number of fused-ring (bicyclic) bond motifs is 1. The van der Waals surface area contributed by atoms with Crippen molar-refractivity contribution in [1.29, 1.82) is 0 Å². The molecule has 0 bridgehead atoms. The van der Waals surface area contributed by atoms with Crippen LogP contribution in [0.2, 0.25) is 0 Å². The number of nitrogens with zero attached hydrogens (tertiary/aromatic N) is 2. The van der Waals surface area contributed by atoms with Crippen molar-refractivity contribution in [1.82, 2.24) is 15.1 Å². The fraction of sp³-hybridized carbons (Fsp3) is 0.562. The third kappa shape index (κ3) is 8.21. The first-order chi connectivity index (χ1) is 19.3. The van der Waals surface area contributed by atoms with Crippen molar-refractivity contribution in [3.05, 3.63) is 59.7 Å². The number of hydrogen-bond donors (Lipinski definition) is 2. The molecule has 0 saturated heterocycles. The van der Waals surface area contributed by atoms with Gasteiger partial charge in [0.25, 0.3) is 5.91 Å². The molecule has 3 atom stereocenters. The minimum Gasteiger partial charge on any atom is -0.491 e. The van der Waals surface area contributed by atoms with E-state index >= 15 is 0 Å². The number of carbonyl (C=O) groups excluding carboxylic acids is 2. The van der Waals surface area contributed by atoms with Crippen LogP contribution in [0.1, 0.15) is 61.9 Å². The summed E-state index contributed by atoms with van der Waals surface area (Å²) in [5.74, 6) is 0.566. The predicted molar refractivity (Wildman–Crippen MR) is 159 cm³/mol. The molecule has 1 aliphatic carbocycles. The van der Waals surface area contributed by atoms with E-state index in [4.69, 9.17) is 9.47 Å². The molecular formula is C32H46N4O4. The standard InChI is InChI=1S/C32H46N4O4/c1-23-20-36(18-17-25-11-7-5-8-12-25)24(2)22-40-29-16-15-27(34-32(38)33-26-13-9-6-10-14-26)19-28(29)31(37)35(3)21-30(23)39-4/h5,7-8,11-12,15-16,19,23-24,26,30H,6,9-10,13-14,17-18,20-22H2,1-4H3,(H2,33,34,38)/t23-,24+,30-/m1/s1. The van der Waals surface area contributed by atoms with Gasteiger partial charge in [0.2, 0.25) is 0 Å². The second-order valence-electron chi connectivity index (χ2n) is 11.5. The number of anilines is 1. The Balaban J connectivity index is 1.52. The van der Waals surface area contributed by atoms with E-state index in [0.717, 1.165) is 45.2 Å². The minimum absolute atomic E-state index is 0.119. The van der Waals surface area contributed by atoms with E-state index in [1.165, 1.54) is 12.0 Å². The van der Waals surface area contributed by atoms with Crippen LogP contribution in [0.5, 0.6) is 5.75 Å². The number of carbonyl (C=O) groups is 2. The summed E-state index contributed by atoms with van der Waals surface area (Å²) in [4.78, 5) is 30.5. The summed E-state index contributed by atoms with van der Waals surface area (Å²) >= 11 is 0. The molecule has 2 N–H and O–H groups in total. The first kappa shape index (κ1) is 29.9. The highest BCUT2D eigenvalue weighted by Crippen LogP contribution is 2.27. The molecule has 40 heavy (non-hydrogen) atoms. The van der Waals surface area contributed by atoms with Crippen molar-refractivity contribution >= 4 is 17.6 Å². The maximum atomic E-state index is 13.6. The Bertz CT molecular complexity index is 1110. The van der Waals surface area contributed by atoms with Gasteiger partial charge in [-0.05, 0) is 55.9 Å². The van der Waals surface area contributed by atoms with Crippen molar-refractivity contribution in [2.75, 3.05) is 45.7 Å². The molecule has 1 fully saturated rings. The van der Waals surface area contributed by atoms with Crippen LogP contribution in [-0.4, -0.2) is 80.3 Å². The fourth-order valence-corrected chi connectivity index (χ4v) is 5.76. The molecule has 218 valence electrons. The molecule has 0 spiro atoms. The second-order valence-corrected chi connectivity index (χ2v) is 11.5. The smallest absolute Gasteiger partial charge is 0.319 e. The van der Waals surface area contributed by atoms with Gasteiger partial charge in [0, 0.05) is 51.6 Å². The Morgan fingerprint density at radius 3 is 2.52 bits per heavy atom. The molecule has 2 aromatic rings. The summed E-state index contributed by atoms with van der Waals surface area (Å²) in [5.41, 5.74) is 2.31. The Kier molecular flexibility index (Phi) is 10.8. The van der Waals surface area contributed by atoms with E-state index < -0.39 is 0 Å². The van der Waals surface area contributed by atoms with Gasteiger partial charge in [-0.3, -0.25) is 9.69 Å². The number of urea groups is 1. The number of amides is 3. The molecule has 1 saturated carbocycles. The lowest BCUT2D eigenvalue weighted by Gasteiger charge is -2.36. The highest BCUT2D eigenvalue weighted by molar-refractivity contribution is 5.99. The number of rotatable bonds is 6. The molecule has 8 nitrogen and oxygen atoms in total. The molecule has 1 aliphatic heterocycles. The van der Waals surface area contributed by atoms with Gasteiger partial charge < -0.3 is 25.0 Å². The Morgan fingerprint density at radius 1 is 1.05 bits per heavy atom. The van der Waals surface area contributed by atoms with E-state index in [1.54, 1.807) is 37.3 Å². The summed E-state index contributed by atoms with van der Waals surface area (Å²) in [6.07, 6.45) is 6.36. The first-order valence-corrected chi connectivity index (χ1v) is 14.7. The lowest BCUT2D eigenvalue weighted by atomic mass is 9.96. The summed E-state index contributed by atoms with van der Waals surface area (Å²) in [5, 5.41) is 6.00. The SMILES string of the molecule is CO[C@@H]1CN(C)C(=O)c2cc(NC(=O)NC3CCCCC3)ccc2OC[C@H](C)N(CCc2ccccc2)C[C@H]1C. The molecule has 0 aromatic heterocycles. The third-order valence-electron chi connectivity index (χ3n) is 8.30. The van der Waals surface area contributed by atoms with Gasteiger partial charge in [0.05, 0.1) is 11.7 Å². The summed E-state index contributed by atoms with van der Waals surface area (Å²) in [6.45, 7) is 6.99. The molecule has 4 rings (SSSR count). The van der Waals surface area contributed by atoms with Gasteiger partial charge in [0.15, 0.2) is 0 Å². The van der Waals surface area contributed by atoms with Crippen LogP contribution in [0, 0.1) is 5.92 Å². The maximum absolute atomic E-state index is 13.6. The van der Waals surface area contributed by atoms with E-state index in [0.29, 0.717) is 30.2 Å². The van der Waals surface area contributed by atoms with Gasteiger partial charge >= 0.3 is 6.03 Å². The summed E-state index contributed by atoms with van der Waals surface area (Å²) in [6, 6.07) is 15.9. The molecule has 0 unspecified atom stereocenters. The second kappa shape index (κ2) is 14.5. The lowest BCUT2D eigenvalue weighted by Crippen LogP contribution is -2.47. The average molecular weight is 551 g/mol. The Hall–Kier alpha value is -3.10. The lowest BCUT2D eigenvalue weighted by molar-refractivity contribution is 0.0109. The van der Waals surface area contributed by atoms with Crippen LogP contribution in [0.3, 0.4) is 0 Å². The van der Waals surface area contributed by atoms with Crippen molar-refractivity contribution < 1.29 is 19.1 Å². The Labute approximate surface area is 239 Å². The topological polar surface area (TPSA) is 83.1 Å². The van der Waals surface area contributed by atoms with Crippen LogP contribution in [0.25, 0.3) is 0 Å². The molecule has 2 aliphatic rings. The molecule has 3 amide bonds. The van der Waals surface area contributed by atoms with Crippen LogP contribution >= 0.6 is 0 Å². The van der Waals surface area contributed by atoms with Crippen molar-refractivity contribution in [3.8, 4) is 5.75 Å². The molecular weight excluding hydrogens is 504 g/mol. The number of benzene rings is 2. The minimum atomic E-state index is -0.238. The molecule has 2 aromatic carbocycles. The zero-order valence-electron chi connectivity index (χ0n) is 24.5. The number of nitrogens with one attached hydrogen (secondary N) is 2. The van der Waals surface area contributed by atoms with Gasteiger partial charge in [-0.15, -0.1) is 0 Å². The highest BCUT2D eigenvalue weighted by Gasteiger charge is 2.28. The fourth-order valence-electron chi connectivity index (χ4n) is 5.76. The van der Waals surface area contributed by atoms with Crippen molar-refractivity contribution in [3.63, 3.8) is 0 Å². The van der Waals surface area contributed by atoms with E-state index in [2.05, 4.69) is 53.6 Å². The Morgan fingerprint density at radius 2 is 1.80 bits per heavy atom. The van der Waals surface area contributed by atoms with E-state index in [1.807, 2.05) is 6.07 Å². The molecule has 8 heteroatoms. The van der Waals surface area contributed by atoms with Gasteiger partial charge in [-0.25, -0.2) is 4.79 Å². The number of hydrogen-bond acceptors (Lipinski definition) is 5. The first-order valence-electron chi connectivity index (χ1n) is 14.7. The zero-order valence-corrected chi connectivity index (χ0v) is 24.5. The molecule has 0 radical (unpaired) electrons. The summed E-state index contributed by atoms with van der Waals surface area (Å²) in [7, 11) is 3.51. The van der Waals surface area contributed by atoms with Gasteiger partial charge in [0.1, 0.15) is 12.4 Å². The number of methoxy groups -OCH3 is 1. The van der Waals surface area contributed by atoms with Crippen LogP contribution in [0.15, 0.2) is 48.5 Å². The van der Waals surface area contributed by atoms with Crippen LogP contribution in [0.4, 0.5) is 10.5 Å². The third-order valence-corrected chi connectivity index (χ3v) is 8.30. The monoisotopic (exact) mass is 550 g/mol. The van der Waals surface area contributed by atoms with Gasteiger partial charge in [-0.2, -0.15) is 0 Å². The highest BCUT2D eigenvalue weighted by atomic mass is 16.5. The van der Waals surface area contributed by atoms with Crippen LogP contribution < -0.4 is 15.4 Å². The number of likely N-dealkylation sites (N-methyl/N-ethyl adjacent to an activating group) is 1. The normalized spacial score (nSPS) is 23.4. The quantitative estimate of drug-likeness (QED) is 0.517. The van der Waals surface area contributed by atoms with E-state index in [9.17, 15) is 9.59 Å². The maximum Gasteiger partial charge on any atom is 0.319 e. The van der Waals surface area contributed by atoms with Crippen LogP contribution in [-0.2, 0) is 11.2 Å².